The Balaban J connectivity index is 2.87. The summed E-state index contributed by atoms with van der Waals surface area (Å²) in [5, 5.41) is 0. The predicted octanol–water partition coefficient (Wildman–Crippen LogP) is 1.96. The third-order valence-corrected chi connectivity index (χ3v) is 5.02. The van der Waals surface area contributed by atoms with Gasteiger partial charge in [-0.05, 0) is 31.2 Å². The summed E-state index contributed by atoms with van der Waals surface area (Å²) in [6, 6.07) is 6.05. The van der Waals surface area contributed by atoms with E-state index >= 15 is 0 Å². The lowest BCUT2D eigenvalue weighted by atomic mass is 10.3. The van der Waals surface area contributed by atoms with Gasteiger partial charge in [-0.1, -0.05) is 0 Å². The first-order chi connectivity index (χ1) is 9.43. The summed E-state index contributed by atoms with van der Waals surface area (Å²) >= 11 is 5.52. The zero-order valence-corrected chi connectivity index (χ0v) is 13.4. The van der Waals surface area contributed by atoms with Gasteiger partial charge in [0.1, 0.15) is 12.4 Å². The lowest BCUT2D eigenvalue weighted by molar-refractivity contribution is 0.149. The number of ether oxygens (including phenoxy) is 2. The lowest BCUT2D eigenvalue weighted by Crippen LogP contribution is -2.37. The Bertz CT molecular complexity index is 504. The van der Waals surface area contributed by atoms with Crippen molar-refractivity contribution in [2.75, 3.05) is 33.3 Å². The molecule has 0 aliphatic rings. The molecule has 0 heterocycles. The third kappa shape index (κ3) is 4.34. The molecule has 0 saturated carbocycles. The molecule has 0 radical (unpaired) electrons. The van der Waals surface area contributed by atoms with Gasteiger partial charge in [0.15, 0.2) is 0 Å². The van der Waals surface area contributed by atoms with Gasteiger partial charge in [0.05, 0.1) is 17.4 Å². The minimum atomic E-state index is -3.53. The summed E-state index contributed by atoms with van der Waals surface area (Å²) in [4.78, 5) is 0.223. The number of hydrogen-bond acceptors (Lipinski definition) is 4. The summed E-state index contributed by atoms with van der Waals surface area (Å²) in [5.74, 6) is 0.981. The van der Waals surface area contributed by atoms with Gasteiger partial charge < -0.3 is 9.47 Å². The van der Waals surface area contributed by atoms with Gasteiger partial charge in [0, 0.05) is 20.2 Å². The van der Waals surface area contributed by atoms with Gasteiger partial charge in [0.2, 0.25) is 10.0 Å². The molecular formula is C13H20ClNO4S. The Morgan fingerprint density at radius 3 is 2.40 bits per heavy atom. The molecule has 0 aliphatic heterocycles. The van der Waals surface area contributed by atoms with Crippen LogP contribution >= 0.6 is 11.6 Å². The number of benzene rings is 1. The first-order valence-electron chi connectivity index (χ1n) is 6.19. The van der Waals surface area contributed by atoms with Gasteiger partial charge in [-0.2, -0.15) is 4.31 Å². The van der Waals surface area contributed by atoms with E-state index in [2.05, 4.69) is 0 Å². The van der Waals surface area contributed by atoms with Crippen molar-refractivity contribution in [1.82, 2.24) is 4.31 Å². The summed E-state index contributed by atoms with van der Waals surface area (Å²) in [5.41, 5.74) is 0. The zero-order valence-electron chi connectivity index (χ0n) is 11.9. The second kappa shape index (κ2) is 7.83. The standard InChI is InChI=1S/C13H20ClNO4S/c1-11(10-18-3)15(2)20(16,17)13-6-4-12(5-7-13)19-9-8-14/h4-7,11H,8-10H2,1-3H3. The SMILES string of the molecule is COCC(C)N(C)S(=O)(=O)c1ccc(OCCCl)cc1. The van der Waals surface area contributed by atoms with Crippen molar-refractivity contribution in [2.45, 2.75) is 17.9 Å². The number of hydrogen-bond donors (Lipinski definition) is 0. The molecule has 1 aromatic carbocycles. The third-order valence-electron chi connectivity index (χ3n) is 2.88. The fraction of sp³-hybridized carbons (Fsp3) is 0.538. The minimum absolute atomic E-state index is 0.223. The predicted molar refractivity (Wildman–Crippen MR) is 78.9 cm³/mol. The maximum atomic E-state index is 12.4. The monoisotopic (exact) mass is 321 g/mol. The highest BCUT2D eigenvalue weighted by Crippen LogP contribution is 2.20. The number of alkyl halides is 1. The second-order valence-electron chi connectivity index (χ2n) is 4.33. The molecular weight excluding hydrogens is 302 g/mol. The highest BCUT2D eigenvalue weighted by Gasteiger charge is 2.25. The highest BCUT2D eigenvalue weighted by atomic mass is 35.5. The van der Waals surface area contributed by atoms with Crippen LogP contribution in [0.1, 0.15) is 6.92 Å². The molecule has 1 rings (SSSR count). The quantitative estimate of drug-likeness (QED) is 0.687. The number of likely N-dealkylation sites (N-methyl/N-ethyl adjacent to an activating group) is 1. The van der Waals surface area contributed by atoms with E-state index in [4.69, 9.17) is 21.1 Å². The highest BCUT2D eigenvalue weighted by molar-refractivity contribution is 7.89. The molecule has 0 N–H and O–H groups in total. The van der Waals surface area contributed by atoms with Crippen molar-refractivity contribution in [3.05, 3.63) is 24.3 Å². The molecule has 0 spiro atoms. The number of sulfonamides is 1. The molecule has 0 fully saturated rings. The molecule has 0 saturated heterocycles. The summed E-state index contributed by atoms with van der Waals surface area (Å²) in [6.45, 7) is 2.52. The smallest absolute Gasteiger partial charge is 0.243 e. The van der Waals surface area contributed by atoms with E-state index in [1.165, 1.54) is 23.5 Å². The van der Waals surface area contributed by atoms with Crippen LogP contribution in [0.5, 0.6) is 5.75 Å². The van der Waals surface area contributed by atoms with Crippen LogP contribution in [0.2, 0.25) is 0 Å². The fourth-order valence-corrected chi connectivity index (χ4v) is 3.04. The van der Waals surface area contributed by atoms with Crippen molar-refractivity contribution in [3.8, 4) is 5.75 Å². The summed E-state index contributed by atoms with van der Waals surface area (Å²) in [6.07, 6.45) is 0. The van der Waals surface area contributed by atoms with Gasteiger partial charge in [-0.15, -0.1) is 11.6 Å². The molecule has 5 nitrogen and oxygen atoms in total. The van der Waals surface area contributed by atoms with Gasteiger partial charge >= 0.3 is 0 Å². The molecule has 0 amide bonds. The molecule has 1 unspecified atom stereocenters. The van der Waals surface area contributed by atoms with E-state index in [0.717, 1.165) is 0 Å². The summed E-state index contributed by atoms with van der Waals surface area (Å²) in [7, 11) is -0.446. The van der Waals surface area contributed by atoms with Crippen LogP contribution in [0.3, 0.4) is 0 Å². The van der Waals surface area contributed by atoms with Gasteiger partial charge in [0.25, 0.3) is 0 Å². The van der Waals surface area contributed by atoms with E-state index in [0.29, 0.717) is 24.8 Å². The maximum Gasteiger partial charge on any atom is 0.243 e. The molecule has 1 aromatic rings. The Hall–Kier alpha value is -0.820. The van der Waals surface area contributed by atoms with Crippen LogP contribution < -0.4 is 4.74 Å². The van der Waals surface area contributed by atoms with E-state index in [1.54, 1.807) is 26.2 Å². The maximum absolute atomic E-state index is 12.4. The molecule has 0 aromatic heterocycles. The Labute approximate surface area is 125 Å². The van der Waals surface area contributed by atoms with Crippen LogP contribution in [0.25, 0.3) is 0 Å². The second-order valence-corrected chi connectivity index (χ2v) is 6.71. The normalized spacial score (nSPS) is 13.4. The van der Waals surface area contributed by atoms with Crippen molar-refractivity contribution >= 4 is 21.6 Å². The molecule has 0 bridgehead atoms. The topological polar surface area (TPSA) is 55.8 Å². The molecule has 0 aliphatic carbocycles. The average Bonchev–Trinajstić information content (AvgIpc) is 2.45. The van der Waals surface area contributed by atoms with Crippen LogP contribution in [0.15, 0.2) is 29.2 Å². The Morgan fingerprint density at radius 2 is 1.90 bits per heavy atom. The number of nitrogens with zero attached hydrogens (tertiary/aromatic N) is 1. The number of halogens is 1. The van der Waals surface area contributed by atoms with Crippen LogP contribution in [0.4, 0.5) is 0 Å². The minimum Gasteiger partial charge on any atom is -0.492 e. The molecule has 1 atom stereocenters. The average molecular weight is 322 g/mol. The van der Waals surface area contributed by atoms with Gasteiger partial charge in [-0.25, -0.2) is 8.42 Å². The van der Waals surface area contributed by atoms with Crippen LogP contribution in [-0.4, -0.2) is 52.0 Å². The van der Waals surface area contributed by atoms with E-state index in [-0.39, 0.29) is 10.9 Å². The van der Waals surface area contributed by atoms with Crippen molar-refractivity contribution in [3.63, 3.8) is 0 Å². The molecule has 114 valence electrons. The largest absolute Gasteiger partial charge is 0.492 e. The molecule has 20 heavy (non-hydrogen) atoms. The molecule has 7 heteroatoms. The van der Waals surface area contributed by atoms with E-state index < -0.39 is 10.0 Å². The zero-order chi connectivity index (χ0) is 15.2. The number of rotatable bonds is 8. The van der Waals surface area contributed by atoms with Crippen molar-refractivity contribution in [2.24, 2.45) is 0 Å². The van der Waals surface area contributed by atoms with Gasteiger partial charge in [-0.3, -0.25) is 0 Å². The van der Waals surface area contributed by atoms with Crippen LogP contribution in [-0.2, 0) is 14.8 Å². The Morgan fingerprint density at radius 1 is 1.30 bits per heavy atom. The fourth-order valence-electron chi connectivity index (χ4n) is 1.61. The first-order valence-corrected chi connectivity index (χ1v) is 8.16. The number of methoxy groups -OCH3 is 1. The Kier molecular flexibility index (Phi) is 6.75. The van der Waals surface area contributed by atoms with E-state index in [9.17, 15) is 8.42 Å². The first kappa shape index (κ1) is 17.2. The van der Waals surface area contributed by atoms with E-state index in [1.807, 2.05) is 0 Å². The van der Waals surface area contributed by atoms with Crippen molar-refractivity contribution < 1.29 is 17.9 Å². The lowest BCUT2D eigenvalue weighted by Gasteiger charge is -2.23. The van der Waals surface area contributed by atoms with Crippen LogP contribution in [0, 0.1) is 0 Å². The summed E-state index contributed by atoms with van der Waals surface area (Å²) < 4.78 is 36.4. The van der Waals surface area contributed by atoms with Crippen molar-refractivity contribution in [1.29, 1.82) is 0 Å².